The Morgan fingerprint density at radius 2 is 1.23 bits per heavy atom. The van der Waals surface area contributed by atoms with Crippen molar-refractivity contribution in [3.05, 3.63) is 95.3 Å². The van der Waals surface area contributed by atoms with Crippen LogP contribution in [0.2, 0.25) is 0 Å². The number of hydrogen-bond acceptors (Lipinski definition) is 3. The van der Waals surface area contributed by atoms with Gasteiger partial charge in [-0.3, -0.25) is 4.79 Å². The van der Waals surface area contributed by atoms with E-state index in [0.29, 0.717) is 19.5 Å². The summed E-state index contributed by atoms with van der Waals surface area (Å²) >= 11 is 0. The highest BCUT2D eigenvalue weighted by atomic mass is 19.1. The monoisotopic (exact) mass is 477 g/mol. The smallest absolute Gasteiger partial charge is 0.219 e. The van der Waals surface area contributed by atoms with Gasteiger partial charge in [0.2, 0.25) is 5.91 Å². The molecule has 3 aromatic rings. The van der Waals surface area contributed by atoms with Crippen LogP contribution in [0.5, 0.6) is 11.5 Å². The van der Waals surface area contributed by atoms with Crippen molar-refractivity contribution in [2.45, 2.75) is 65.7 Å². The molecule has 3 aromatic carbocycles. The van der Waals surface area contributed by atoms with Crippen LogP contribution in [0.4, 0.5) is 4.39 Å². The van der Waals surface area contributed by atoms with E-state index in [4.69, 9.17) is 9.47 Å². The summed E-state index contributed by atoms with van der Waals surface area (Å²) in [6.45, 7) is 10.7. The number of benzene rings is 3. The van der Waals surface area contributed by atoms with E-state index in [0.717, 1.165) is 28.2 Å². The lowest BCUT2D eigenvalue weighted by molar-refractivity contribution is -0.129. The van der Waals surface area contributed by atoms with E-state index in [1.165, 1.54) is 12.1 Å². The molecule has 0 aliphatic heterocycles. The predicted molar refractivity (Wildman–Crippen MR) is 138 cm³/mol. The van der Waals surface area contributed by atoms with Crippen LogP contribution in [0, 0.1) is 5.82 Å². The van der Waals surface area contributed by atoms with Crippen molar-refractivity contribution in [1.82, 2.24) is 4.90 Å². The zero-order valence-corrected chi connectivity index (χ0v) is 21.3. The highest BCUT2D eigenvalue weighted by molar-refractivity contribution is 5.73. The van der Waals surface area contributed by atoms with Crippen LogP contribution < -0.4 is 9.47 Å². The molecule has 0 aliphatic carbocycles. The number of carbonyl (C=O) groups excluding carboxylic acids is 1. The predicted octanol–water partition coefficient (Wildman–Crippen LogP) is 6.97. The van der Waals surface area contributed by atoms with Gasteiger partial charge in [-0.1, -0.05) is 36.4 Å². The third-order valence-electron chi connectivity index (χ3n) is 5.73. The molecule has 0 saturated heterocycles. The molecule has 0 bridgehead atoms. The molecule has 186 valence electrons. The van der Waals surface area contributed by atoms with Crippen LogP contribution in [0.3, 0.4) is 0 Å². The van der Waals surface area contributed by atoms with Crippen molar-refractivity contribution in [3.8, 4) is 11.5 Å². The molecule has 0 N–H and O–H groups in total. The molecule has 5 heteroatoms. The van der Waals surface area contributed by atoms with E-state index >= 15 is 0 Å². The largest absolute Gasteiger partial charge is 0.491 e. The van der Waals surface area contributed by atoms with Gasteiger partial charge in [0.25, 0.3) is 0 Å². The van der Waals surface area contributed by atoms with E-state index in [-0.39, 0.29) is 29.9 Å². The number of halogens is 1. The molecule has 35 heavy (non-hydrogen) atoms. The highest BCUT2D eigenvalue weighted by Gasteiger charge is 2.18. The topological polar surface area (TPSA) is 38.8 Å². The number of nitrogens with zero attached hydrogens (tertiary/aromatic N) is 1. The van der Waals surface area contributed by atoms with Gasteiger partial charge in [-0.15, -0.1) is 0 Å². The molecule has 4 nitrogen and oxygen atoms in total. The second-order valence-electron chi connectivity index (χ2n) is 9.38. The fraction of sp³-hybridized carbons (Fsp3) is 0.367. The van der Waals surface area contributed by atoms with Crippen molar-refractivity contribution in [3.63, 3.8) is 0 Å². The minimum absolute atomic E-state index is 0.0195. The summed E-state index contributed by atoms with van der Waals surface area (Å²) in [6, 6.07) is 22.5. The Morgan fingerprint density at radius 1 is 0.771 bits per heavy atom. The minimum Gasteiger partial charge on any atom is -0.491 e. The van der Waals surface area contributed by atoms with Gasteiger partial charge in [-0.05, 0) is 87.2 Å². The third kappa shape index (κ3) is 8.13. The van der Waals surface area contributed by atoms with Crippen molar-refractivity contribution in [2.75, 3.05) is 6.54 Å². The molecule has 0 heterocycles. The number of amides is 1. The molecule has 0 aromatic heterocycles. The molecule has 3 rings (SSSR count). The van der Waals surface area contributed by atoms with Gasteiger partial charge in [-0.25, -0.2) is 4.39 Å². The fourth-order valence-corrected chi connectivity index (χ4v) is 4.07. The van der Waals surface area contributed by atoms with Crippen LogP contribution in [0.15, 0.2) is 72.8 Å². The van der Waals surface area contributed by atoms with E-state index in [9.17, 15) is 9.18 Å². The maximum atomic E-state index is 13.6. The summed E-state index contributed by atoms with van der Waals surface area (Å²) < 4.78 is 25.1. The first-order chi connectivity index (χ1) is 16.7. The Bertz CT molecular complexity index is 1060. The first-order valence-electron chi connectivity index (χ1n) is 12.2. The van der Waals surface area contributed by atoms with E-state index in [1.54, 1.807) is 6.92 Å². The lowest BCUT2D eigenvalue weighted by Gasteiger charge is -2.25. The Morgan fingerprint density at radius 3 is 1.69 bits per heavy atom. The summed E-state index contributed by atoms with van der Waals surface area (Å²) in [4.78, 5) is 14.3. The van der Waals surface area contributed by atoms with Crippen LogP contribution in [0.25, 0.3) is 0 Å². The number of rotatable bonds is 11. The fourth-order valence-electron chi connectivity index (χ4n) is 4.07. The molecular formula is C30H36FNO3. The van der Waals surface area contributed by atoms with Crippen LogP contribution >= 0.6 is 0 Å². The molecule has 1 atom stereocenters. The molecule has 0 aliphatic rings. The molecular weight excluding hydrogens is 441 g/mol. The Kier molecular flexibility index (Phi) is 9.30. The third-order valence-corrected chi connectivity index (χ3v) is 5.73. The van der Waals surface area contributed by atoms with Crippen molar-refractivity contribution >= 4 is 5.91 Å². The standard InChI is InChI=1S/C30H36FNO3/c1-21(2)34-28-14-6-24(7-15-28)20-32(23(5)33)19-18-30(25-8-12-27(31)13-9-25)26-10-16-29(17-11-26)35-22(3)4/h6-17,21-22,30H,18-20H2,1-5H3. The lowest BCUT2D eigenvalue weighted by atomic mass is 9.88. The van der Waals surface area contributed by atoms with Gasteiger partial charge in [0.1, 0.15) is 17.3 Å². The van der Waals surface area contributed by atoms with Gasteiger partial charge >= 0.3 is 0 Å². The van der Waals surface area contributed by atoms with E-state index in [1.807, 2.05) is 81.1 Å². The maximum absolute atomic E-state index is 13.6. The van der Waals surface area contributed by atoms with Crippen LogP contribution in [-0.2, 0) is 11.3 Å². The Balaban J connectivity index is 1.76. The molecule has 0 saturated carbocycles. The normalized spacial score (nSPS) is 12.0. The zero-order valence-electron chi connectivity index (χ0n) is 21.3. The molecule has 1 unspecified atom stereocenters. The van der Waals surface area contributed by atoms with Gasteiger partial charge < -0.3 is 14.4 Å². The maximum Gasteiger partial charge on any atom is 0.219 e. The summed E-state index contributed by atoms with van der Waals surface area (Å²) in [5.41, 5.74) is 3.17. The van der Waals surface area contributed by atoms with Crippen LogP contribution in [0.1, 0.15) is 63.6 Å². The number of carbonyl (C=O) groups is 1. The quantitative estimate of drug-likeness (QED) is 0.299. The first kappa shape index (κ1) is 26.3. The first-order valence-corrected chi connectivity index (χ1v) is 12.2. The highest BCUT2D eigenvalue weighted by Crippen LogP contribution is 2.30. The lowest BCUT2D eigenvalue weighted by Crippen LogP contribution is -2.30. The van der Waals surface area contributed by atoms with Crippen LogP contribution in [-0.4, -0.2) is 29.6 Å². The van der Waals surface area contributed by atoms with Gasteiger partial charge in [0, 0.05) is 25.9 Å². The molecule has 1 amide bonds. The summed E-state index contributed by atoms with van der Waals surface area (Å²) in [6.07, 6.45) is 0.928. The SMILES string of the molecule is CC(=O)N(CCC(c1ccc(F)cc1)c1ccc(OC(C)C)cc1)Cc1ccc(OC(C)C)cc1. The zero-order chi connectivity index (χ0) is 25.4. The number of ether oxygens (including phenoxy) is 2. The average molecular weight is 478 g/mol. The Hall–Kier alpha value is -3.34. The van der Waals surface area contributed by atoms with Crippen molar-refractivity contribution in [2.24, 2.45) is 0 Å². The van der Waals surface area contributed by atoms with Gasteiger partial charge in [-0.2, -0.15) is 0 Å². The molecule has 0 spiro atoms. The second-order valence-corrected chi connectivity index (χ2v) is 9.38. The minimum atomic E-state index is -0.261. The summed E-state index contributed by atoms with van der Waals surface area (Å²) in [7, 11) is 0. The summed E-state index contributed by atoms with van der Waals surface area (Å²) in [5, 5.41) is 0. The van der Waals surface area contributed by atoms with Gasteiger partial charge in [0.05, 0.1) is 12.2 Å². The molecule has 0 radical (unpaired) electrons. The average Bonchev–Trinajstić information content (AvgIpc) is 2.80. The van der Waals surface area contributed by atoms with Crippen molar-refractivity contribution in [1.29, 1.82) is 0 Å². The van der Waals surface area contributed by atoms with E-state index < -0.39 is 0 Å². The Labute approximate surface area is 208 Å². The van der Waals surface area contributed by atoms with Gasteiger partial charge in [0.15, 0.2) is 0 Å². The van der Waals surface area contributed by atoms with E-state index in [2.05, 4.69) is 12.1 Å². The van der Waals surface area contributed by atoms with Crippen molar-refractivity contribution < 1.29 is 18.7 Å². The number of hydrogen-bond donors (Lipinski definition) is 0. The molecule has 0 fully saturated rings. The second kappa shape index (κ2) is 12.4. The summed E-state index contributed by atoms with van der Waals surface area (Å²) in [5.74, 6) is 1.41.